The summed E-state index contributed by atoms with van der Waals surface area (Å²) >= 11 is 3.32. The van der Waals surface area contributed by atoms with Crippen LogP contribution in [0, 0.1) is 10.1 Å². The van der Waals surface area contributed by atoms with Gasteiger partial charge in [0.25, 0.3) is 5.69 Å². The fourth-order valence-corrected chi connectivity index (χ4v) is 1.80. The van der Waals surface area contributed by atoms with E-state index in [9.17, 15) is 10.1 Å². The summed E-state index contributed by atoms with van der Waals surface area (Å²) in [7, 11) is 0. The zero-order chi connectivity index (χ0) is 11.4. The van der Waals surface area contributed by atoms with Crippen molar-refractivity contribution in [2.45, 2.75) is 25.8 Å². The standard InChI is InChI=1S/C10H13BrN2O2/c1-7(12)2-3-8-4-5-9(13(14)15)6-10(8)11/h4-7H,2-3,12H2,1H3/t7-/m1/s1. The van der Waals surface area contributed by atoms with Gasteiger partial charge < -0.3 is 5.73 Å². The molecule has 0 saturated heterocycles. The van der Waals surface area contributed by atoms with Gasteiger partial charge in [0.15, 0.2) is 0 Å². The van der Waals surface area contributed by atoms with Crippen LogP contribution in [0.2, 0.25) is 0 Å². The van der Waals surface area contributed by atoms with E-state index in [1.54, 1.807) is 6.07 Å². The van der Waals surface area contributed by atoms with Gasteiger partial charge in [-0.05, 0) is 25.3 Å². The Labute approximate surface area is 96.8 Å². The van der Waals surface area contributed by atoms with Gasteiger partial charge in [0.2, 0.25) is 0 Å². The van der Waals surface area contributed by atoms with Crippen LogP contribution in [0.5, 0.6) is 0 Å². The Hall–Kier alpha value is -0.940. The Balaban J connectivity index is 2.79. The molecule has 4 nitrogen and oxygen atoms in total. The number of nitro groups is 1. The molecule has 0 aliphatic heterocycles. The first kappa shape index (κ1) is 12.1. The molecule has 0 amide bonds. The summed E-state index contributed by atoms with van der Waals surface area (Å²) in [4.78, 5) is 10.1. The lowest BCUT2D eigenvalue weighted by molar-refractivity contribution is -0.384. The van der Waals surface area contributed by atoms with Crippen LogP contribution in [0.3, 0.4) is 0 Å². The average molecular weight is 273 g/mol. The van der Waals surface area contributed by atoms with Crippen molar-refractivity contribution in [3.8, 4) is 0 Å². The van der Waals surface area contributed by atoms with Gasteiger partial charge in [0.05, 0.1) is 4.92 Å². The number of hydrogen-bond donors (Lipinski definition) is 1. The highest BCUT2D eigenvalue weighted by molar-refractivity contribution is 9.10. The number of rotatable bonds is 4. The largest absolute Gasteiger partial charge is 0.328 e. The Bertz CT molecular complexity index is 366. The Kier molecular flexibility index (Phi) is 4.23. The molecule has 0 unspecified atom stereocenters. The fourth-order valence-electron chi connectivity index (χ4n) is 1.24. The minimum atomic E-state index is -0.403. The molecule has 1 atom stereocenters. The van der Waals surface area contributed by atoms with E-state index < -0.39 is 4.92 Å². The highest BCUT2D eigenvalue weighted by atomic mass is 79.9. The zero-order valence-electron chi connectivity index (χ0n) is 8.44. The monoisotopic (exact) mass is 272 g/mol. The van der Waals surface area contributed by atoms with E-state index in [-0.39, 0.29) is 11.7 Å². The molecule has 0 spiro atoms. The van der Waals surface area contributed by atoms with Crippen molar-refractivity contribution in [3.63, 3.8) is 0 Å². The first-order valence-corrected chi connectivity index (χ1v) is 5.48. The third kappa shape index (κ3) is 3.60. The summed E-state index contributed by atoms with van der Waals surface area (Å²) in [5.74, 6) is 0. The molecule has 0 heterocycles. The topological polar surface area (TPSA) is 69.2 Å². The summed E-state index contributed by atoms with van der Waals surface area (Å²) in [6.07, 6.45) is 1.70. The molecule has 0 fully saturated rings. The molecule has 0 aliphatic carbocycles. The van der Waals surface area contributed by atoms with Crippen LogP contribution >= 0.6 is 15.9 Å². The number of non-ortho nitro benzene ring substituents is 1. The van der Waals surface area contributed by atoms with Gasteiger partial charge in [0, 0.05) is 22.6 Å². The number of halogens is 1. The van der Waals surface area contributed by atoms with Crippen LogP contribution in [0.25, 0.3) is 0 Å². The first-order valence-electron chi connectivity index (χ1n) is 4.69. The Morgan fingerprint density at radius 1 is 1.60 bits per heavy atom. The summed E-state index contributed by atoms with van der Waals surface area (Å²) in [5.41, 5.74) is 6.80. The molecular weight excluding hydrogens is 260 g/mol. The minimum absolute atomic E-state index is 0.103. The van der Waals surface area contributed by atoms with Gasteiger partial charge in [-0.2, -0.15) is 0 Å². The van der Waals surface area contributed by atoms with E-state index in [0.29, 0.717) is 0 Å². The van der Waals surface area contributed by atoms with Crippen LogP contribution in [-0.2, 0) is 6.42 Å². The lowest BCUT2D eigenvalue weighted by Crippen LogP contribution is -2.15. The van der Waals surface area contributed by atoms with Crippen molar-refractivity contribution in [2.24, 2.45) is 5.73 Å². The maximum absolute atomic E-state index is 10.5. The second-order valence-electron chi connectivity index (χ2n) is 3.55. The normalized spacial score (nSPS) is 12.5. The third-order valence-corrected chi connectivity index (χ3v) is 2.85. The van der Waals surface area contributed by atoms with Crippen LogP contribution < -0.4 is 5.73 Å². The van der Waals surface area contributed by atoms with Crippen molar-refractivity contribution in [1.29, 1.82) is 0 Å². The number of benzene rings is 1. The molecule has 0 aliphatic rings. The number of hydrogen-bond acceptors (Lipinski definition) is 3. The van der Waals surface area contributed by atoms with E-state index in [2.05, 4.69) is 15.9 Å². The van der Waals surface area contributed by atoms with Gasteiger partial charge in [-0.15, -0.1) is 0 Å². The molecule has 15 heavy (non-hydrogen) atoms. The molecule has 1 aromatic carbocycles. The molecule has 0 aromatic heterocycles. The fraction of sp³-hybridized carbons (Fsp3) is 0.400. The lowest BCUT2D eigenvalue weighted by Gasteiger charge is -2.06. The molecule has 82 valence electrons. The average Bonchev–Trinajstić information content (AvgIpc) is 2.15. The van der Waals surface area contributed by atoms with Crippen LogP contribution in [-0.4, -0.2) is 11.0 Å². The van der Waals surface area contributed by atoms with Crippen molar-refractivity contribution < 1.29 is 4.92 Å². The molecule has 1 rings (SSSR count). The summed E-state index contributed by atoms with van der Waals surface area (Å²) < 4.78 is 0.775. The van der Waals surface area contributed by atoms with Gasteiger partial charge in [-0.25, -0.2) is 0 Å². The second-order valence-corrected chi connectivity index (χ2v) is 4.40. The number of nitrogens with zero attached hydrogens (tertiary/aromatic N) is 1. The van der Waals surface area contributed by atoms with Crippen molar-refractivity contribution >= 4 is 21.6 Å². The molecule has 0 radical (unpaired) electrons. The second kappa shape index (κ2) is 5.23. The predicted molar refractivity (Wildman–Crippen MR) is 62.8 cm³/mol. The zero-order valence-corrected chi connectivity index (χ0v) is 10.0. The van der Waals surface area contributed by atoms with Crippen molar-refractivity contribution in [3.05, 3.63) is 38.3 Å². The maximum Gasteiger partial charge on any atom is 0.270 e. The van der Waals surface area contributed by atoms with Crippen LogP contribution in [0.1, 0.15) is 18.9 Å². The predicted octanol–water partition coefficient (Wildman–Crippen LogP) is 2.64. The highest BCUT2D eigenvalue weighted by Gasteiger charge is 2.09. The smallest absolute Gasteiger partial charge is 0.270 e. The van der Waals surface area contributed by atoms with Gasteiger partial charge >= 0.3 is 0 Å². The van der Waals surface area contributed by atoms with E-state index >= 15 is 0 Å². The first-order chi connectivity index (χ1) is 7.00. The molecule has 0 bridgehead atoms. The third-order valence-electron chi connectivity index (χ3n) is 2.12. The molecular formula is C10H13BrN2O2. The van der Waals surface area contributed by atoms with Crippen LogP contribution in [0.4, 0.5) is 5.69 Å². The Morgan fingerprint density at radius 3 is 2.73 bits per heavy atom. The Morgan fingerprint density at radius 2 is 2.27 bits per heavy atom. The van der Waals surface area contributed by atoms with E-state index in [4.69, 9.17) is 5.73 Å². The molecule has 1 aromatic rings. The van der Waals surface area contributed by atoms with Crippen LogP contribution in [0.15, 0.2) is 22.7 Å². The van der Waals surface area contributed by atoms with Crippen molar-refractivity contribution in [2.75, 3.05) is 0 Å². The summed E-state index contributed by atoms with van der Waals surface area (Å²) in [5, 5.41) is 10.5. The van der Waals surface area contributed by atoms with E-state index in [0.717, 1.165) is 22.9 Å². The molecule has 0 saturated carbocycles. The molecule has 2 N–H and O–H groups in total. The SMILES string of the molecule is C[C@@H](N)CCc1ccc([N+](=O)[O-])cc1Br. The maximum atomic E-state index is 10.5. The van der Waals surface area contributed by atoms with Gasteiger partial charge in [-0.1, -0.05) is 22.0 Å². The number of nitro benzene ring substituents is 1. The quantitative estimate of drug-likeness (QED) is 0.677. The van der Waals surface area contributed by atoms with Gasteiger partial charge in [-0.3, -0.25) is 10.1 Å². The van der Waals surface area contributed by atoms with E-state index in [1.807, 2.05) is 6.92 Å². The number of nitrogens with two attached hydrogens (primary N) is 1. The van der Waals surface area contributed by atoms with E-state index in [1.165, 1.54) is 12.1 Å². The summed E-state index contributed by atoms with van der Waals surface area (Å²) in [6, 6.07) is 4.95. The summed E-state index contributed by atoms with van der Waals surface area (Å²) in [6.45, 7) is 1.94. The minimum Gasteiger partial charge on any atom is -0.328 e. The lowest BCUT2D eigenvalue weighted by atomic mass is 10.1. The highest BCUT2D eigenvalue weighted by Crippen LogP contribution is 2.24. The number of aryl methyl sites for hydroxylation is 1. The van der Waals surface area contributed by atoms with Crippen molar-refractivity contribution in [1.82, 2.24) is 0 Å². The van der Waals surface area contributed by atoms with Gasteiger partial charge in [0.1, 0.15) is 0 Å². The molecule has 5 heteroatoms.